The maximum absolute atomic E-state index is 11.1. The van der Waals surface area contributed by atoms with Gasteiger partial charge in [-0.05, 0) is 39.3 Å². The van der Waals surface area contributed by atoms with Crippen LogP contribution in [0.25, 0.3) is 0 Å². The number of benzene rings is 1. The van der Waals surface area contributed by atoms with Crippen LogP contribution in [0.2, 0.25) is 0 Å². The predicted molar refractivity (Wildman–Crippen MR) is 69.3 cm³/mol. The van der Waals surface area contributed by atoms with Crippen molar-refractivity contribution in [1.82, 2.24) is 0 Å². The molecule has 100 valence electrons. The van der Waals surface area contributed by atoms with E-state index in [1.54, 1.807) is 6.07 Å². The van der Waals surface area contributed by atoms with Crippen LogP contribution >= 0.6 is 0 Å². The number of para-hydroxylation sites is 1. The van der Waals surface area contributed by atoms with Gasteiger partial charge >= 0.3 is 5.97 Å². The Hall–Kier alpha value is -1.55. The molecule has 1 N–H and O–H groups in total. The molecular weight excluding hydrogens is 232 g/mol. The van der Waals surface area contributed by atoms with Crippen LogP contribution < -0.4 is 4.74 Å². The second-order valence-electron chi connectivity index (χ2n) is 5.07. The molecule has 0 aliphatic rings. The Morgan fingerprint density at radius 2 is 1.94 bits per heavy atom. The largest absolute Gasteiger partial charge is 0.490 e. The van der Waals surface area contributed by atoms with Crippen LogP contribution in [0.5, 0.6) is 5.75 Å². The van der Waals surface area contributed by atoms with Crippen LogP contribution in [0.1, 0.15) is 36.7 Å². The maximum atomic E-state index is 11.1. The van der Waals surface area contributed by atoms with Crippen LogP contribution in [0.4, 0.5) is 0 Å². The van der Waals surface area contributed by atoms with E-state index in [0.29, 0.717) is 19.0 Å². The molecular formula is C14H20O4. The van der Waals surface area contributed by atoms with Crippen molar-refractivity contribution in [3.8, 4) is 5.75 Å². The molecule has 0 unspecified atom stereocenters. The van der Waals surface area contributed by atoms with Crippen molar-refractivity contribution in [3.63, 3.8) is 0 Å². The van der Waals surface area contributed by atoms with Crippen LogP contribution in [0.3, 0.4) is 0 Å². The Bertz CT molecular complexity index is 418. The summed E-state index contributed by atoms with van der Waals surface area (Å²) in [4.78, 5) is 11.1. The van der Waals surface area contributed by atoms with Crippen molar-refractivity contribution in [2.45, 2.75) is 33.3 Å². The normalized spacial score (nSPS) is 11.3. The molecule has 4 heteroatoms. The lowest BCUT2D eigenvalue weighted by Crippen LogP contribution is -2.22. The van der Waals surface area contributed by atoms with Gasteiger partial charge in [0.25, 0.3) is 0 Å². The van der Waals surface area contributed by atoms with Crippen molar-refractivity contribution in [2.24, 2.45) is 0 Å². The zero-order valence-electron chi connectivity index (χ0n) is 11.3. The summed E-state index contributed by atoms with van der Waals surface area (Å²) >= 11 is 0. The monoisotopic (exact) mass is 252 g/mol. The van der Waals surface area contributed by atoms with Crippen molar-refractivity contribution in [2.75, 3.05) is 13.2 Å². The highest BCUT2D eigenvalue weighted by atomic mass is 16.5. The van der Waals surface area contributed by atoms with E-state index >= 15 is 0 Å². The molecule has 18 heavy (non-hydrogen) atoms. The summed E-state index contributed by atoms with van der Waals surface area (Å²) in [7, 11) is 0. The minimum absolute atomic E-state index is 0.186. The molecule has 0 spiro atoms. The summed E-state index contributed by atoms with van der Waals surface area (Å²) in [5, 5.41) is 9.06. The number of hydrogen-bond acceptors (Lipinski definition) is 3. The zero-order valence-corrected chi connectivity index (χ0v) is 11.3. The van der Waals surface area contributed by atoms with Gasteiger partial charge in [-0.15, -0.1) is 0 Å². The molecule has 0 aromatic heterocycles. The zero-order chi connectivity index (χ0) is 13.8. The number of hydrogen-bond donors (Lipinski definition) is 1. The molecule has 0 aliphatic heterocycles. The number of ether oxygens (including phenoxy) is 2. The lowest BCUT2D eigenvalue weighted by molar-refractivity contribution is -0.0165. The molecule has 0 fully saturated rings. The highest BCUT2D eigenvalue weighted by Gasteiger charge is 2.14. The van der Waals surface area contributed by atoms with E-state index in [1.165, 1.54) is 6.07 Å². The summed E-state index contributed by atoms with van der Waals surface area (Å²) in [6.07, 6.45) is 0. The Balaban J connectivity index is 2.64. The molecule has 4 nitrogen and oxygen atoms in total. The van der Waals surface area contributed by atoms with E-state index in [-0.39, 0.29) is 11.2 Å². The van der Waals surface area contributed by atoms with Gasteiger partial charge in [0, 0.05) is 0 Å². The molecule has 0 saturated heterocycles. The molecule has 1 aromatic carbocycles. The standard InChI is InChI=1S/C14H20O4/c1-10-6-5-7-11(13(15)16)12(10)17-8-9-18-14(2,3)4/h5-7H,8-9H2,1-4H3,(H,15,16). The minimum atomic E-state index is -0.981. The molecule has 0 atom stereocenters. The molecule has 0 saturated carbocycles. The van der Waals surface area contributed by atoms with Gasteiger partial charge < -0.3 is 14.6 Å². The lowest BCUT2D eigenvalue weighted by atomic mass is 10.1. The first-order valence-electron chi connectivity index (χ1n) is 5.91. The third-order valence-corrected chi connectivity index (χ3v) is 2.31. The Morgan fingerprint density at radius 3 is 2.50 bits per heavy atom. The Labute approximate surface area is 108 Å². The maximum Gasteiger partial charge on any atom is 0.339 e. The molecule has 0 amide bonds. The third kappa shape index (κ3) is 4.37. The number of carbonyl (C=O) groups is 1. The van der Waals surface area contributed by atoms with Crippen molar-refractivity contribution in [1.29, 1.82) is 0 Å². The topological polar surface area (TPSA) is 55.8 Å². The van der Waals surface area contributed by atoms with E-state index < -0.39 is 5.97 Å². The minimum Gasteiger partial charge on any atom is -0.490 e. The average molecular weight is 252 g/mol. The first kappa shape index (κ1) is 14.5. The molecule has 0 heterocycles. The number of rotatable bonds is 5. The molecule has 0 radical (unpaired) electrons. The van der Waals surface area contributed by atoms with Crippen LogP contribution in [-0.4, -0.2) is 29.9 Å². The second-order valence-corrected chi connectivity index (χ2v) is 5.07. The van der Waals surface area contributed by atoms with Gasteiger partial charge in [0.05, 0.1) is 12.2 Å². The van der Waals surface area contributed by atoms with Crippen LogP contribution in [0, 0.1) is 6.92 Å². The second kappa shape index (κ2) is 5.87. The van der Waals surface area contributed by atoms with Gasteiger partial charge in [0.2, 0.25) is 0 Å². The first-order chi connectivity index (χ1) is 8.31. The van der Waals surface area contributed by atoms with E-state index in [2.05, 4.69) is 0 Å². The molecule has 1 rings (SSSR count). The number of carboxylic acids is 1. The van der Waals surface area contributed by atoms with Gasteiger partial charge in [0.1, 0.15) is 17.9 Å². The number of aromatic carboxylic acids is 1. The van der Waals surface area contributed by atoms with Gasteiger partial charge in [-0.25, -0.2) is 4.79 Å². The highest BCUT2D eigenvalue weighted by molar-refractivity contribution is 5.91. The molecule has 1 aromatic rings. The van der Waals surface area contributed by atoms with E-state index in [9.17, 15) is 4.79 Å². The summed E-state index contributed by atoms with van der Waals surface area (Å²) in [5.74, 6) is -0.562. The summed E-state index contributed by atoms with van der Waals surface area (Å²) in [5.41, 5.74) is 0.779. The quantitative estimate of drug-likeness (QED) is 0.819. The Morgan fingerprint density at radius 1 is 1.28 bits per heavy atom. The lowest BCUT2D eigenvalue weighted by Gasteiger charge is -2.20. The van der Waals surface area contributed by atoms with Gasteiger partial charge in [0.15, 0.2) is 0 Å². The fourth-order valence-corrected chi connectivity index (χ4v) is 1.50. The van der Waals surface area contributed by atoms with E-state index in [0.717, 1.165) is 5.56 Å². The van der Waals surface area contributed by atoms with Crippen LogP contribution in [-0.2, 0) is 4.74 Å². The average Bonchev–Trinajstić information content (AvgIpc) is 2.24. The molecule has 0 bridgehead atoms. The van der Waals surface area contributed by atoms with Gasteiger partial charge in [-0.2, -0.15) is 0 Å². The van der Waals surface area contributed by atoms with E-state index in [4.69, 9.17) is 14.6 Å². The van der Waals surface area contributed by atoms with Crippen molar-refractivity contribution < 1.29 is 19.4 Å². The highest BCUT2D eigenvalue weighted by Crippen LogP contribution is 2.23. The van der Waals surface area contributed by atoms with Crippen molar-refractivity contribution >= 4 is 5.97 Å². The fourth-order valence-electron chi connectivity index (χ4n) is 1.50. The Kier molecular flexibility index (Phi) is 4.73. The van der Waals surface area contributed by atoms with Gasteiger partial charge in [-0.1, -0.05) is 12.1 Å². The number of aryl methyl sites for hydroxylation is 1. The number of carboxylic acid groups (broad SMARTS) is 1. The summed E-state index contributed by atoms with van der Waals surface area (Å²) in [6, 6.07) is 5.07. The predicted octanol–water partition coefficient (Wildman–Crippen LogP) is 2.89. The first-order valence-corrected chi connectivity index (χ1v) is 5.91. The SMILES string of the molecule is Cc1cccc(C(=O)O)c1OCCOC(C)(C)C. The molecule has 0 aliphatic carbocycles. The summed E-state index contributed by atoms with van der Waals surface area (Å²) in [6.45, 7) is 8.47. The van der Waals surface area contributed by atoms with Crippen LogP contribution in [0.15, 0.2) is 18.2 Å². The fraction of sp³-hybridized carbons (Fsp3) is 0.500. The summed E-state index contributed by atoms with van der Waals surface area (Å²) < 4.78 is 11.0. The smallest absolute Gasteiger partial charge is 0.339 e. The van der Waals surface area contributed by atoms with Crippen molar-refractivity contribution in [3.05, 3.63) is 29.3 Å². The van der Waals surface area contributed by atoms with Gasteiger partial charge in [-0.3, -0.25) is 0 Å². The third-order valence-electron chi connectivity index (χ3n) is 2.31. The van der Waals surface area contributed by atoms with E-state index in [1.807, 2.05) is 33.8 Å².